The largest absolute Gasteiger partial charge is 0.464 e. The van der Waals surface area contributed by atoms with Crippen molar-refractivity contribution < 1.29 is 23.8 Å². The Kier molecular flexibility index (Phi) is 2.23. The number of aliphatic hydroxyl groups excluding tert-OH is 1. The standard InChI is InChI=1S/C16H12O6/c17-8-5-9(18)13-11(8)6-1-2-10-12(14(6)22-15(13)19)7-3-4-20-16(7)21-10/h1-2,7-8,16-17H,3-5H2. The van der Waals surface area contributed by atoms with Crippen LogP contribution in [0, 0.1) is 0 Å². The van der Waals surface area contributed by atoms with E-state index in [1.54, 1.807) is 12.1 Å². The fourth-order valence-corrected chi connectivity index (χ4v) is 3.82. The third-order valence-corrected chi connectivity index (χ3v) is 4.76. The van der Waals surface area contributed by atoms with Crippen LogP contribution >= 0.6 is 0 Å². The Balaban J connectivity index is 1.89. The highest BCUT2D eigenvalue weighted by Gasteiger charge is 2.43. The third-order valence-electron chi connectivity index (χ3n) is 4.76. The van der Waals surface area contributed by atoms with Gasteiger partial charge in [0, 0.05) is 22.9 Å². The number of ketones is 1. The third kappa shape index (κ3) is 1.36. The molecule has 2 aliphatic heterocycles. The molecule has 112 valence electrons. The van der Waals surface area contributed by atoms with Crippen molar-refractivity contribution in [3.05, 3.63) is 39.2 Å². The maximum absolute atomic E-state index is 12.2. The van der Waals surface area contributed by atoms with Crippen molar-refractivity contribution >= 4 is 16.8 Å². The summed E-state index contributed by atoms with van der Waals surface area (Å²) in [5.41, 5.74) is 0.916. The van der Waals surface area contributed by atoms with E-state index in [0.29, 0.717) is 28.9 Å². The number of hydrogen-bond donors (Lipinski definition) is 1. The van der Waals surface area contributed by atoms with Gasteiger partial charge in [-0.25, -0.2) is 4.79 Å². The summed E-state index contributed by atoms with van der Waals surface area (Å²) in [4.78, 5) is 24.1. The summed E-state index contributed by atoms with van der Waals surface area (Å²) < 4.78 is 16.7. The number of carbonyl (C=O) groups is 1. The van der Waals surface area contributed by atoms with Gasteiger partial charge >= 0.3 is 5.63 Å². The molecule has 5 rings (SSSR count). The summed E-state index contributed by atoms with van der Waals surface area (Å²) in [5, 5.41) is 10.8. The molecule has 1 aromatic carbocycles. The molecule has 6 heteroatoms. The monoisotopic (exact) mass is 300 g/mol. The Hall–Kier alpha value is -2.18. The summed E-state index contributed by atoms with van der Waals surface area (Å²) in [7, 11) is 0. The van der Waals surface area contributed by atoms with E-state index < -0.39 is 11.7 Å². The molecule has 3 unspecified atom stereocenters. The van der Waals surface area contributed by atoms with Crippen molar-refractivity contribution in [2.45, 2.75) is 31.2 Å². The maximum Gasteiger partial charge on any atom is 0.347 e. The fourth-order valence-electron chi connectivity index (χ4n) is 3.82. The molecule has 0 spiro atoms. The number of carbonyl (C=O) groups excluding carboxylic acids is 1. The number of rotatable bonds is 0. The highest BCUT2D eigenvalue weighted by atomic mass is 16.7. The molecule has 1 N–H and O–H groups in total. The van der Waals surface area contributed by atoms with Gasteiger partial charge in [0.15, 0.2) is 5.78 Å². The van der Waals surface area contributed by atoms with Gasteiger partial charge in [0.05, 0.1) is 18.6 Å². The number of aliphatic hydroxyl groups is 1. The lowest BCUT2D eigenvalue weighted by atomic mass is 9.94. The van der Waals surface area contributed by atoms with Gasteiger partial charge < -0.3 is 19.0 Å². The van der Waals surface area contributed by atoms with E-state index in [9.17, 15) is 14.7 Å². The number of benzene rings is 1. The van der Waals surface area contributed by atoms with E-state index in [2.05, 4.69) is 0 Å². The van der Waals surface area contributed by atoms with Gasteiger partial charge in [-0.3, -0.25) is 4.79 Å². The number of Topliss-reactive ketones (excluding diaryl/α,β-unsaturated/α-hetero) is 1. The minimum atomic E-state index is -0.954. The summed E-state index contributed by atoms with van der Waals surface area (Å²) in [6.07, 6.45) is -0.572. The van der Waals surface area contributed by atoms with Crippen molar-refractivity contribution in [2.24, 2.45) is 0 Å². The summed E-state index contributed by atoms with van der Waals surface area (Å²) >= 11 is 0. The molecule has 1 saturated heterocycles. The second kappa shape index (κ2) is 3.97. The van der Waals surface area contributed by atoms with E-state index in [0.717, 1.165) is 12.0 Å². The minimum Gasteiger partial charge on any atom is -0.464 e. The fraction of sp³-hybridized carbons (Fsp3) is 0.375. The average Bonchev–Trinajstić information content (AvgIpc) is 3.12. The second-order valence-electron chi connectivity index (χ2n) is 5.93. The van der Waals surface area contributed by atoms with Crippen molar-refractivity contribution in [3.63, 3.8) is 0 Å². The predicted molar refractivity (Wildman–Crippen MR) is 74.1 cm³/mol. The van der Waals surface area contributed by atoms with Crippen LogP contribution in [0.3, 0.4) is 0 Å². The van der Waals surface area contributed by atoms with Gasteiger partial charge in [-0.05, 0) is 18.6 Å². The van der Waals surface area contributed by atoms with Crippen molar-refractivity contribution in [1.82, 2.24) is 0 Å². The lowest BCUT2D eigenvalue weighted by Gasteiger charge is -2.10. The summed E-state index contributed by atoms with van der Waals surface area (Å²) in [6, 6.07) is 3.52. The van der Waals surface area contributed by atoms with E-state index in [4.69, 9.17) is 13.9 Å². The van der Waals surface area contributed by atoms with Crippen LogP contribution in [0.4, 0.5) is 0 Å². The topological polar surface area (TPSA) is 86.0 Å². The van der Waals surface area contributed by atoms with Crippen LogP contribution in [0.1, 0.15) is 46.3 Å². The van der Waals surface area contributed by atoms with Crippen LogP contribution in [0.15, 0.2) is 21.3 Å². The molecular formula is C16H12O6. The van der Waals surface area contributed by atoms with E-state index >= 15 is 0 Å². The molecule has 0 amide bonds. The Bertz CT molecular complexity index is 896. The zero-order valence-electron chi connectivity index (χ0n) is 11.5. The normalized spacial score (nSPS) is 28.6. The molecule has 1 fully saturated rings. The Morgan fingerprint density at radius 3 is 2.91 bits per heavy atom. The molecule has 0 radical (unpaired) electrons. The highest BCUT2D eigenvalue weighted by molar-refractivity contribution is 6.05. The molecule has 0 saturated carbocycles. The van der Waals surface area contributed by atoms with Crippen molar-refractivity contribution in [2.75, 3.05) is 6.61 Å². The molecule has 3 aliphatic rings. The SMILES string of the molecule is O=C1CC(O)c2c1c(=O)oc1c3c(ccc21)OC1OCCC31. The van der Waals surface area contributed by atoms with Gasteiger partial charge in [-0.2, -0.15) is 0 Å². The van der Waals surface area contributed by atoms with E-state index in [-0.39, 0.29) is 30.0 Å². The molecule has 1 aromatic heterocycles. The van der Waals surface area contributed by atoms with Gasteiger partial charge in [0.2, 0.25) is 6.29 Å². The first-order valence-electron chi connectivity index (χ1n) is 7.28. The lowest BCUT2D eigenvalue weighted by Crippen LogP contribution is -2.14. The van der Waals surface area contributed by atoms with Crippen LogP contribution in [0.25, 0.3) is 11.0 Å². The van der Waals surface area contributed by atoms with Gasteiger partial charge in [0.25, 0.3) is 0 Å². The number of hydrogen-bond acceptors (Lipinski definition) is 6. The highest BCUT2D eigenvalue weighted by Crippen LogP contribution is 2.48. The van der Waals surface area contributed by atoms with E-state index in [1.807, 2.05) is 0 Å². The van der Waals surface area contributed by atoms with E-state index in [1.165, 1.54) is 0 Å². The summed E-state index contributed by atoms with van der Waals surface area (Å²) in [5.74, 6) is 0.301. The Morgan fingerprint density at radius 1 is 1.18 bits per heavy atom. The van der Waals surface area contributed by atoms with Crippen molar-refractivity contribution in [1.29, 1.82) is 0 Å². The van der Waals surface area contributed by atoms with Gasteiger partial charge in [-0.15, -0.1) is 0 Å². The molecule has 22 heavy (non-hydrogen) atoms. The van der Waals surface area contributed by atoms with Crippen molar-refractivity contribution in [3.8, 4) is 5.75 Å². The molecule has 3 atom stereocenters. The lowest BCUT2D eigenvalue weighted by molar-refractivity contribution is -0.0337. The average molecular weight is 300 g/mol. The first kappa shape index (κ1) is 12.4. The second-order valence-corrected chi connectivity index (χ2v) is 5.93. The first-order chi connectivity index (χ1) is 10.6. The minimum absolute atomic E-state index is 0.0157. The quantitative estimate of drug-likeness (QED) is 0.744. The molecular weight excluding hydrogens is 288 g/mol. The van der Waals surface area contributed by atoms with Gasteiger partial charge in [0.1, 0.15) is 16.9 Å². The molecule has 6 nitrogen and oxygen atoms in total. The maximum atomic E-state index is 12.2. The smallest absolute Gasteiger partial charge is 0.347 e. The zero-order chi connectivity index (χ0) is 15.0. The zero-order valence-corrected chi connectivity index (χ0v) is 11.5. The molecule has 2 aromatic rings. The van der Waals surface area contributed by atoms with Crippen LogP contribution in [0.5, 0.6) is 5.75 Å². The first-order valence-corrected chi connectivity index (χ1v) is 7.28. The molecule has 1 aliphatic carbocycles. The van der Waals surface area contributed by atoms with Gasteiger partial charge in [-0.1, -0.05) is 0 Å². The van der Waals surface area contributed by atoms with Crippen LogP contribution in [0.2, 0.25) is 0 Å². The molecule has 0 bridgehead atoms. The van der Waals surface area contributed by atoms with Crippen LogP contribution in [-0.4, -0.2) is 23.8 Å². The van der Waals surface area contributed by atoms with Crippen LogP contribution in [-0.2, 0) is 4.74 Å². The number of fused-ring (bicyclic) bond motifs is 7. The molecule has 3 heterocycles. The number of ether oxygens (including phenoxy) is 2. The predicted octanol–water partition coefficient (Wildman–Crippen LogP) is 1.64. The Labute approximate surface area is 124 Å². The van der Waals surface area contributed by atoms with Crippen LogP contribution < -0.4 is 10.4 Å². The summed E-state index contributed by atoms with van der Waals surface area (Å²) in [6.45, 7) is 0.599. The Morgan fingerprint density at radius 2 is 2.05 bits per heavy atom.